The third-order valence-electron chi connectivity index (χ3n) is 1.55. The average molecular weight is 147 g/mol. The molecule has 0 radical (unpaired) electrons. The Morgan fingerprint density at radius 1 is 1.40 bits per heavy atom. The Labute approximate surface area is 59.8 Å². The molecule has 1 aliphatic heterocycles. The van der Waals surface area contributed by atoms with Crippen LogP contribution >= 0.6 is 0 Å². The Bertz CT molecular complexity index is 91.0. The second-order valence-electron chi connectivity index (χ2n) is 2.46. The van der Waals surface area contributed by atoms with E-state index in [1.807, 2.05) is 0 Å². The Hall–Kier alpha value is -0.160. The molecular weight excluding hydrogens is 134 g/mol. The quantitative estimate of drug-likeness (QED) is 0.445. The van der Waals surface area contributed by atoms with Crippen LogP contribution in [-0.4, -0.2) is 48.7 Å². The number of rotatable bonds is 4. The van der Waals surface area contributed by atoms with Crippen molar-refractivity contribution in [1.29, 1.82) is 0 Å². The highest BCUT2D eigenvalue weighted by atomic mass is 16.5. The molecule has 1 fully saturated rings. The molecule has 0 aromatic heterocycles. The van der Waals surface area contributed by atoms with Crippen LogP contribution in [0.25, 0.3) is 0 Å². The van der Waals surface area contributed by atoms with E-state index >= 15 is 0 Å². The fourth-order valence-corrected chi connectivity index (χ4v) is 0.828. The number of aliphatic hydroxyl groups is 2. The van der Waals surface area contributed by atoms with Crippen LogP contribution < -0.4 is 5.32 Å². The van der Waals surface area contributed by atoms with E-state index in [1.54, 1.807) is 0 Å². The maximum atomic E-state index is 8.63. The number of nitrogens with one attached hydrogen (secondary N) is 1. The van der Waals surface area contributed by atoms with Crippen molar-refractivity contribution in [2.75, 3.05) is 26.4 Å². The summed E-state index contributed by atoms with van der Waals surface area (Å²) in [4.78, 5) is 0. The first kappa shape index (κ1) is 7.94. The molecule has 4 heteroatoms. The van der Waals surface area contributed by atoms with Crippen LogP contribution in [0.1, 0.15) is 0 Å². The van der Waals surface area contributed by atoms with E-state index in [2.05, 4.69) is 5.32 Å². The molecular formula is C6H13NO3. The molecule has 60 valence electrons. The minimum Gasteiger partial charge on any atom is -0.395 e. The molecule has 0 spiro atoms. The first-order chi connectivity index (χ1) is 4.86. The third-order valence-corrected chi connectivity index (χ3v) is 1.55. The summed E-state index contributed by atoms with van der Waals surface area (Å²) in [6.45, 7) is 1.34. The van der Waals surface area contributed by atoms with Crippen LogP contribution in [-0.2, 0) is 4.74 Å². The number of aliphatic hydroxyl groups excluding tert-OH is 2. The molecule has 0 aliphatic carbocycles. The molecule has 0 bridgehead atoms. The van der Waals surface area contributed by atoms with Crippen LogP contribution in [0.3, 0.4) is 0 Å². The van der Waals surface area contributed by atoms with E-state index in [-0.39, 0.29) is 19.3 Å². The van der Waals surface area contributed by atoms with Crippen molar-refractivity contribution in [2.45, 2.75) is 12.1 Å². The third kappa shape index (κ3) is 1.91. The van der Waals surface area contributed by atoms with E-state index in [0.717, 1.165) is 0 Å². The maximum Gasteiger partial charge on any atom is 0.0643 e. The predicted octanol–water partition coefficient (Wildman–Crippen LogP) is -1.67. The van der Waals surface area contributed by atoms with Crippen LogP contribution in [0.15, 0.2) is 0 Å². The molecule has 0 unspecified atom stereocenters. The second-order valence-corrected chi connectivity index (χ2v) is 2.46. The number of hydrogen-bond acceptors (Lipinski definition) is 4. The molecule has 0 aromatic carbocycles. The van der Waals surface area contributed by atoms with Crippen molar-refractivity contribution >= 4 is 0 Å². The molecule has 10 heavy (non-hydrogen) atoms. The van der Waals surface area contributed by atoms with Crippen LogP contribution in [0.4, 0.5) is 0 Å². The molecule has 1 aliphatic rings. The van der Waals surface area contributed by atoms with Gasteiger partial charge in [0.1, 0.15) is 0 Å². The Morgan fingerprint density at radius 2 is 2.00 bits per heavy atom. The summed E-state index contributed by atoms with van der Waals surface area (Å²) in [7, 11) is 0. The summed E-state index contributed by atoms with van der Waals surface area (Å²) in [6, 6.07) is 0.137. The lowest BCUT2D eigenvalue weighted by Gasteiger charge is -2.30. The molecule has 3 N–H and O–H groups in total. The topological polar surface area (TPSA) is 61.7 Å². The molecule has 1 rings (SSSR count). The van der Waals surface area contributed by atoms with Gasteiger partial charge in [-0.05, 0) is 0 Å². The Kier molecular flexibility index (Phi) is 3.08. The summed E-state index contributed by atoms with van der Waals surface area (Å²) in [5.74, 6) is 0. The largest absolute Gasteiger partial charge is 0.395 e. The van der Waals surface area contributed by atoms with Crippen LogP contribution in [0.2, 0.25) is 0 Å². The normalized spacial score (nSPS) is 19.5. The smallest absolute Gasteiger partial charge is 0.0643 e. The number of ether oxygens (including phenoxy) is 1. The van der Waals surface area contributed by atoms with Gasteiger partial charge in [-0.2, -0.15) is 0 Å². The second kappa shape index (κ2) is 3.88. The minimum absolute atomic E-state index is 0.0208. The van der Waals surface area contributed by atoms with Gasteiger partial charge in [0, 0.05) is 0 Å². The fraction of sp³-hybridized carbons (Fsp3) is 1.00. The highest BCUT2D eigenvalue weighted by Crippen LogP contribution is 2.00. The van der Waals surface area contributed by atoms with Crippen molar-refractivity contribution in [2.24, 2.45) is 0 Å². The SMILES string of the molecule is OCC(CO)NC1COC1. The predicted molar refractivity (Wildman–Crippen MR) is 35.7 cm³/mol. The zero-order valence-electron chi connectivity index (χ0n) is 5.79. The van der Waals surface area contributed by atoms with Gasteiger partial charge in [-0.3, -0.25) is 0 Å². The Balaban J connectivity index is 2.08. The van der Waals surface area contributed by atoms with Gasteiger partial charge in [-0.15, -0.1) is 0 Å². The highest BCUT2D eigenvalue weighted by Gasteiger charge is 2.20. The molecule has 0 amide bonds. The summed E-state index contributed by atoms with van der Waals surface area (Å²) >= 11 is 0. The van der Waals surface area contributed by atoms with Crippen molar-refractivity contribution in [3.8, 4) is 0 Å². The standard InChI is InChI=1S/C6H13NO3/c8-1-5(2-9)7-6-3-10-4-6/h5-9H,1-4H2. The van der Waals surface area contributed by atoms with E-state index < -0.39 is 0 Å². The van der Waals surface area contributed by atoms with Gasteiger partial charge in [0.2, 0.25) is 0 Å². The van der Waals surface area contributed by atoms with Gasteiger partial charge in [-0.25, -0.2) is 0 Å². The maximum absolute atomic E-state index is 8.63. The summed E-state index contributed by atoms with van der Waals surface area (Å²) in [5.41, 5.74) is 0. The van der Waals surface area contributed by atoms with E-state index in [0.29, 0.717) is 19.3 Å². The number of hydrogen-bond donors (Lipinski definition) is 3. The molecule has 0 saturated carbocycles. The highest BCUT2D eigenvalue weighted by molar-refractivity contribution is 4.77. The van der Waals surface area contributed by atoms with Gasteiger partial charge in [-0.1, -0.05) is 0 Å². The minimum atomic E-state index is -0.186. The van der Waals surface area contributed by atoms with Gasteiger partial charge in [0.25, 0.3) is 0 Å². The van der Waals surface area contributed by atoms with Crippen molar-refractivity contribution < 1.29 is 14.9 Å². The first-order valence-electron chi connectivity index (χ1n) is 3.42. The fourth-order valence-electron chi connectivity index (χ4n) is 0.828. The van der Waals surface area contributed by atoms with E-state index in [1.165, 1.54) is 0 Å². The molecule has 0 atom stereocenters. The summed E-state index contributed by atoms with van der Waals surface area (Å²) < 4.78 is 4.90. The summed E-state index contributed by atoms with van der Waals surface area (Å²) in [5, 5.41) is 20.3. The lowest BCUT2D eigenvalue weighted by molar-refractivity contribution is -0.0168. The van der Waals surface area contributed by atoms with E-state index in [4.69, 9.17) is 14.9 Å². The van der Waals surface area contributed by atoms with E-state index in [9.17, 15) is 0 Å². The monoisotopic (exact) mass is 147 g/mol. The molecule has 1 saturated heterocycles. The zero-order chi connectivity index (χ0) is 7.40. The molecule has 4 nitrogen and oxygen atoms in total. The van der Waals surface area contributed by atoms with Crippen molar-refractivity contribution in [1.82, 2.24) is 5.32 Å². The van der Waals surface area contributed by atoms with Gasteiger partial charge >= 0.3 is 0 Å². The lowest BCUT2D eigenvalue weighted by atomic mass is 10.2. The van der Waals surface area contributed by atoms with Crippen LogP contribution in [0.5, 0.6) is 0 Å². The van der Waals surface area contributed by atoms with Gasteiger partial charge in [0.05, 0.1) is 38.5 Å². The average Bonchev–Trinajstić information content (AvgIpc) is 1.87. The van der Waals surface area contributed by atoms with Crippen molar-refractivity contribution in [3.05, 3.63) is 0 Å². The summed E-state index contributed by atoms with van der Waals surface area (Å²) in [6.07, 6.45) is 0. The molecule has 0 aromatic rings. The first-order valence-corrected chi connectivity index (χ1v) is 3.42. The van der Waals surface area contributed by atoms with Gasteiger partial charge in [0.15, 0.2) is 0 Å². The molecule has 1 heterocycles. The Morgan fingerprint density at radius 3 is 2.30 bits per heavy atom. The van der Waals surface area contributed by atoms with Gasteiger partial charge < -0.3 is 20.3 Å². The lowest BCUT2D eigenvalue weighted by Crippen LogP contribution is -2.52. The van der Waals surface area contributed by atoms with Crippen molar-refractivity contribution in [3.63, 3.8) is 0 Å². The zero-order valence-corrected chi connectivity index (χ0v) is 5.79. The van der Waals surface area contributed by atoms with Crippen LogP contribution in [0, 0.1) is 0 Å².